The third-order valence-electron chi connectivity index (χ3n) is 1.76. The second kappa shape index (κ2) is 4.93. The molecule has 10 nitrogen and oxygen atoms in total. The number of nitro groups is 2. The maximum atomic E-state index is 10.8. The fourth-order valence-corrected chi connectivity index (χ4v) is 1.33. The normalized spacial score (nSPS) is 10.9. The van der Waals surface area contributed by atoms with E-state index in [2.05, 4.69) is 5.43 Å². The number of hydrogen-bond donors (Lipinski definition) is 2. The Kier molecular flexibility index (Phi) is 3.78. The molecule has 0 aromatic heterocycles. The summed E-state index contributed by atoms with van der Waals surface area (Å²) in [5.41, 5.74) is 0.823. The van der Waals surface area contributed by atoms with Crippen molar-refractivity contribution in [3.8, 4) is 0 Å². The third-order valence-corrected chi connectivity index (χ3v) is 2.23. The molecule has 98 valence electrons. The maximum Gasteiger partial charge on any atom is 0.300 e. The summed E-state index contributed by atoms with van der Waals surface area (Å²) >= 11 is 0. The van der Waals surface area contributed by atoms with Crippen LogP contribution in [0.15, 0.2) is 18.2 Å². The first-order valence-electron chi connectivity index (χ1n) is 4.36. The van der Waals surface area contributed by atoms with Crippen LogP contribution in [-0.2, 0) is 10.0 Å². The van der Waals surface area contributed by atoms with E-state index in [1.54, 1.807) is 0 Å². The number of hydrogen-bond acceptors (Lipinski definition) is 7. The Morgan fingerprint density at radius 1 is 1.17 bits per heavy atom. The molecule has 0 saturated heterocycles. The summed E-state index contributed by atoms with van der Waals surface area (Å²) in [6.45, 7) is 0. The minimum atomic E-state index is -3.61. The molecule has 1 aromatic rings. The van der Waals surface area contributed by atoms with Crippen molar-refractivity contribution < 1.29 is 18.3 Å². The van der Waals surface area contributed by atoms with Crippen molar-refractivity contribution >= 4 is 27.1 Å². The number of nitro benzene ring substituents is 2. The first-order valence-corrected chi connectivity index (χ1v) is 6.25. The minimum Gasteiger partial charge on any atom is -0.302 e. The van der Waals surface area contributed by atoms with Crippen molar-refractivity contribution in [2.45, 2.75) is 0 Å². The van der Waals surface area contributed by atoms with Crippen LogP contribution >= 0.6 is 0 Å². The van der Waals surface area contributed by atoms with Gasteiger partial charge >= 0.3 is 5.69 Å². The lowest BCUT2D eigenvalue weighted by atomic mass is 10.2. The zero-order valence-electron chi connectivity index (χ0n) is 8.98. The van der Waals surface area contributed by atoms with E-state index in [9.17, 15) is 28.6 Å². The van der Waals surface area contributed by atoms with Crippen molar-refractivity contribution in [1.82, 2.24) is 4.83 Å². The van der Waals surface area contributed by atoms with Gasteiger partial charge in [0, 0.05) is 6.07 Å². The van der Waals surface area contributed by atoms with Gasteiger partial charge in [0.15, 0.2) is 0 Å². The van der Waals surface area contributed by atoms with Crippen LogP contribution in [0.2, 0.25) is 0 Å². The number of hydrazine groups is 1. The summed E-state index contributed by atoms with van der Waals surface area (Å²) in [7, 11) is -3.61. The Hall–Kier alpha value is -2.27. The predicted molar refractivity (Wildman–Crippen MR) is 61.4 cm³/mol. The van der Waals surface area contributed by atoms with Gasteiger partial charge in [-0.15, -0.1) is 4.83 Å². The van der Waals surface area contributed by atoms with Gasteiger partial charge in [0.2, 0.25) is 10.0 Å². The second-order valence-corrected chi connectivity index (χ2v) is 4.96. The van der Waals surface area contributed by atoms with E-state index in [0.29, 0.717) is 0 Å². The highest BCUT2D eigenvalue weighted by Gasteiger charge is 2.19. The van der Waals surface area contributed by atoms with Gasteiger partial charge < -0.3 is 5.43 Å². The van der Waals surface area contributed by atoms with E-state index in [1.807, 2.05) is 4.83 Å². The first-order chi connectivity index (χ1) is 8.20. The molecule has 1 rings (SSSR count). The molecule has 0 aliphatic rings. The topological polar surface area (TPSA) is 144 Å². The lowest BCUT2D eigenvalue weighted by molar-refractivity contribution is -0.393. The molecule has 0 heterocycles. The summed E-state index contributed by atoms with van der Waals surface area (Å²) in [6, 6.07) is 2.78. The van der Waals surface area contributed by atoms with Crippen LogP contribution in [0.4, 0.5) is 17.1 Å². The zero-order chi connectivity index (χ0) is 13.9. The molecule has 0 spiro atoms. The fourth-order valence-electron chi connectivity index (χ4n) is 1.04. The number of rotatable bonds is 5. The molecule has 0 aliphatic heterocycles. The molecular weight excluding hydrogens is 268 g/mol. The molecule has 0 bridgehead atoms. The molecule has 0 aliphatic carbocycles. The largest absolute Gasteiger partial charge is 0.302 e. The van der Waals surface area contributed by atoms with Gasteiger partial charge in [0.05, 0.1) is 22.2 Å². The second-order valence-electron chi connectivity index (χ2n) is 3.21. The van der Waals surface area contributed by atoms with E-state index in [0.717, 1.165) is 24.5 Å². The summed E-state index contributed by atoms with van der Waals surface area (Å²) in [5, 5.41) is 21.1. The highest BCUT2D eigenvalue weighted by Crippen LogP contribution is 2.28. The number of anilines is 1. The van der Waals surface area contributed by atoms with Gasteiger partial charge in [0.25, 0.3) is 5.69 Å². The standard InChI is InChI=1S/C7H8N4O6S/c1-18(16,17)9-8-6-3-2-5(10(12)13)4-7(6)11(14)15/h2-4,8-9H,1H3. The van der Waals surface area contributed by atoms with Crippen molar-refractivity contribution in [2.24, 2.45) is 0 Å². The van der Waals surface area contributed by atoms with Crippen LogP contribution in [-0.4, -0.2) is 24.5 Å². The predicted octanol–water partition coefficient (Wildman–Crippen LogP) is 0.379. The summed E-state index contributed by atoms with van der Waals surface area (Å²) < 4.78 is 21.6. The smallest absolute Gasteiger partial charge is 0.300 e. The summed E-state index contributed by atoms with van der Waals surface area (Å²) in [5.74, 6) is 0. The lowest BCUT2D eigenvalue weighted by Crippen LogP contribution is -2.28. The lowest BCUT2D eigenvalue weighted by Gasteiger charge is -2.06. The molecular formula is C7H8N4O6S. The minimum absolute atomic E-state index is 0.198. The number of sulfonamides is 1. The quantitative estimate of drug-likeness (QED) is 0.584. The Labute approximate surface area is 101 Å². The van der Waals surface area contributed by atoms with E-state index >= 15 is 0 Å². The van der Waals surface area contributed by atoms with E-state index in [-0.39, 0.29) is 5.69 Å². The van der Waals surface area contributed by atoms with Gasteiger partial charge in [-0.3, -0.25) is 20.2 Å². The number of benzene rings is 1. The van der Waals surface area contributed by atoms with E-state index in [1.165, 1.54) is 0 Å². The molecule has 0 fully saturated rings. The average Bonchev–Trinajstić information content (AvgIpc) is 2.24. The molecule has 0 saturated carbocycles. The SMILES string of the molecule is CS(=O)(=O)NNc1ccc([N+](=O)[O-])cc1[N+](=O)[O-]. The highest BCUT2D eigenvalue weighted by molar-refractivity contribution is 7.88. The zero-order valence-corrected chi connectivity index (χ0v) is 9.80. The Morgan fingerprint density at radius 2 is 1.78 bits per heavy atom. The van der Waals surface area contributed by atoms with Crippen LogP contribution in [0.1, 0.15) is 0 Å². The number of nitrogens with one attached hydrogen (secondary N) is 2. The van der Waals surface area contributed by atoms with Crippen LogP contribution in [0, 0.1) is 20.2 Å². The third kappa shape index (κ3) is 3.64. The fraction of sp³-hybridized carbons (Fsp3) is 0.143. The Morgan fingerprint density at radius 3 is 2.22 bits per heavy atom. The molecule has 0 radical (unpaired) electrons. The van der Waals surface area contributed by atoms with E-state index < -0.39 is 31.2 Å². The van der Waals surface area contributed by atoms with Crippen LogP contribution in [0.5, 0.6) is 0 Å². The van der Waals surface area contributed by atoms with Gasteiger partial charge in [-0.1, -0.05) is 0 Å². The van der Waals surface area contributed by atoms with Gasteiger partial charge in [0.1, 0.15) is 5.69 Å². The van der Waals surface area contributed by atoms with E-state index in [4.69, 9.17) is 0 Å². The molecule has 1 aromatic carbocycles. The first kappa shape index (κ1) is 13.8. The van der Waals surface area contributed by atoms with Gasteiger partial charge in [-0.25, -0.2) is 8.42 Å². The molecule has 0 unspecified atom stereocenters. The Balaban J connectivity index is 3.12. The average molecular weight is 276 g/mol. The molecule has 0 atom stereocenters. The molecule has 18 heavy (non-hydrogen) atoms. The van der Waals surface area contributed by atoms with Crippen LogP contribution < -0.4 is 10.3 Å². The molecule has 2 N–H and O–H groups in total. The monoisotopic (exact) mass is 276 g/mol. The van der Waals surface area contributed by atoms with Crippen molar-refractivity contribution in [3.05, 3.63) is 38.4 Å². The highest BCUT2D eigenvalue weighted by atomic mass is 32.2. The van der Waals surface area contributed by atoms with Gasteiger partial charge in [-0.05, 0) is 6.07 Å². The summed E-state index contributed by atoms with van der Waals surface area (Å²) in [6.07, 6.45) is 0.844. The summed E-state index contributed by atoms with van der Waals surface area (Å²) in [4.78, 5) is 21.3. The Bertz CT molecular complexity index is 598. The van der Waals surface area contributed by atoms with Crippen molar-refractivity contribution in [3.63, 3.8) is 0 Å². The maximum absolute atomic E-state index is 10.8. The van der Waals surface area contributed by atoms with Crippen molar-refractivity contribution in [1.29, 1.82) is 0 Å². The number of non-ortho nitro benzene ring substituents is 1. The van der Waals surface area contributed by atoms with Crippen molar-refractivity contribution in [2.75, 3.05) is 11.7 Å². The van der Waals surface area contributed by atoms with Gasteiger partial charge in [-0.2, -0.15) is 0 Å². The van der Waals surface area contributed by atoms with Crippen LogP contribution in [0.3, 0.4) is 0 Å². The number of nitrogens with zero attached hydrogens (tertiary/aromatic N) is 2. The molecule has 0 amide bonds. The molecule has 11 heteroatoms. The van der Waals surface area contributed by atoms with Crippen LogP contribution in [0.25, 0.3) is 0 Å².